The molecule has 1 aliphatic carbocycles. The van der Waals surface area contributed by atoms with Gasteiger partial charge in [0.15, 0.2) is 5.69 Å². The maximum absolute atomic E-state index is 12.6. The normalized spacial score (nSPS) is 13.9. The maximum Gasteiger partial charge on any atom is 0.357 e. The van der Waals surface area contributed by atoms with E-state index in [-0.39, 0.29) is 12.6 Å². The smallest absolute Gasteiger partial charge is 0.357 e. The molecule has 0 unspecified atom stereocenters. The largest absolute Gasteiger partial charge is 0.454 e. The van der Waals surface area contributed by atoms with E-state index in [1.54, 1.807) is 16.0 Å². The monoisotopic (exact) mass is 339 g/mol. The fraction of sp³-hybridized carbons (Fsp3) is 0.278. The summed E-state index contributed by atoms with van der Waals surface area (Å²) in [6.45, 7) is 2.12. The first kappa shape index (κ1) is 15.1. The summed E-state index contributed by atoms with van der Waals surface area (Å²) < 4.78 is 7.13. The van der Waals surface area contributed by atoms with Gasteiger partial charge in [0.25, 0.3) is 0 Å². The first-order chi connectivity index (χ1) is 11.7. The summed E-state index contributed by atoms with van der Waals surface area (Å²) in [5.74, 6) is 0.103. The zero-order chi connectivity index (χ0) is 16.5. The molecule has 1 aliphatic rings. The molecule has 24 heavy (non-hydrogen) atoms. The van der Waals surface area contributed by atoms with Gasteiger partial charge in [-0.2, -0.15) is 5.10 Å². The van der Waals surface area contributed by atoms with Crippen molar-refractivity contribution in [3.05, 3.63) is 63.9 Å². The molecule has 3 aromatic rings. The van der Waals surface area contributed by atoms with E-state index in [1.807, 2.05) is 48.7 Å². The highest BCUT2D eigenvalue weighted by Crippen LogP contribution is 2.39. The van der Waals surface area contributed by atoms with Crippen LogP contribution in [0.1, 0.15) is 45.6 Å². The van der Waals surface area contributed by atoms with Crippen LogP contribution in [0.25, 0.3) is 5.69 Å². The van der Waals surface area contributed by atoms with Crippen LogP contribution in [0.15, 0.2) is 41.8 Å². The van der Waals surface area contributed by atoms with E-state index in [9.17, 15) is 4.79 Å². The van der Waals surface area contributed by atoms with Gasteiger partial charge in [0.2, 0.25) is 0 Å². The van der Waals surface area contributed by atoms with Gasteiger partial charge in [-0.3, -0.25) is 0 Å². The molecule has 6 heteroatoms. The lowest BCUT2D eigenvalue weighted by molar-refractivity contribution is 0.0457. The maximum atomic E-state index is 12.6. The van der Waals surface area contributed by atoms with Gasteiger partial charge in [-0.15, -0.1) is 11.3 Å². The van der Waals surface area contributed by atoms with Gasteiger partial charge in [-0.05, 0) is 38.0 Å². The lowest BCUT2D eigenvalue weighted by Gasteiger charge is -2.07. The van der Waals surface area contributed by atoms with Crippen molar-refractivity contribution in [2.75, 3.05) is 0 Å². The number of thiazole rings is 1. The van der Waals surface area contributed by atoms with E-state index in [4.69, 9.17) is 4.74 Å². The lowest BCUT2D eigenvalue weighted by Crippen LogP contribution is -2.12. The van der Waals surface area contributed by atoms with E-state index >= 15 is 0 Å². The molecule has 5 nitrogen and oxygen atoms in total. The number of benzene rings is 1. The van der Waals surface area contributed by atoms with Crippen LogP contribution in [0, 0.1) is 6.92 Å². The number of carbonyl (C=O) groups is 1. The zero-order valence-corrected chi connectivity index (χ0v) is 14.1. The van der Waals surface area contributed by atoms with Crippen LogP contribution < -0.4 is 0 Å². The molecule has 1 fully saturated rings. The number of aryl methyl sites for hydroxylation is 1. The van der Waals surface area contributed by atoms with Crippen LogP contribution in [-0.2, 0) is 11.3 Å². The molecular weight excluding hydrogens is 322 g/mol. The summed E-state index contributed by atoms with van der Waals surface area (Å²) in [5.41, 5.74) is 3.07. The van der Waals surface area contributed by atoms with Gasteiger partial charge in [0.1, 0.15) is 6.61 Å². The number of esters is 1. The van der Waals surface area contributed by atoms with E-state index in [0.29, 0.717) is 11.6 Å². The van der Waals surface area contributed by atoms with Gasteiger partial charge >= 0.3 is 5.97 Å². The molecule has 1 aromatic carbocycles. The number of aromatic nitrogens is 3. The summed E-state index contributed by atoms with van der Waals surface area (Å²) >= 11 is 1.55. The molecule has 0 atom stereocenters. The molecule has 0 saturated heterocycles. The minimum Gasteiger partial charge on any atom is -0.454 e. The van der Waals surface area contributed by atoms with Gasteiger partial charge in [-0.25, -0.2) is 14.5 Å². The molecule has 0 amide bonds. The van der Waals surface area contributed by atoms with Gasteiger partial charge < -0.3 is 4.74 Å². The van der Waals surface area contributed by atoms with E-state index < -0.39 is 0 Å². The van der Waals surface area contributed by atoms with Crippen molar-refractivity contribution in [3.8, 4) is 5.69 Å². The molecule has 4 rings (SSSR count). The molecule has 0 radical (unpaired) electrons. The SMILES string of the molecule is Cc1nc(COC(=O)c2cc(C3CC3)nn2-c2ccccc2)cs1. The highest BCUT2D eigenvalue weighted by Gasteiger charge is 2.29. The van der Waals surface area contributed by atoms with Crippen molar-refractivity contribution >= 4 is 17.3 Å². The Labute approximate surface area is 143 Å². The van der Waals surface area contributed by atoms with Gasteiger partial charge in [0.05, 0.1) is 22.1 Å². The second kappa shape index (κ2) is 6.20. The third-order valence-electron chi connectivity index (χ3n) is 3.95. The van der Waals surface area contributed by atoms with Crippen molar-refractivity contribution in [2.24, 2.45) is 0 Å². The molecule has 2 heterocycles. The molecule has 2 aromatic heterocycles. The standard InChI is InChI=1S/C18H17N3O2S/c1-12-19-14(11-24-12)10-23-18(22)17-9-16(13-7-8-13)20-21(17)15-5-3-2-4-6-15/h2-6,9,11,13H,7-8,10H2,1H3. The van der Waals surface area contributed by atoms with Crippen molar-refractivity contribution in [3.63, 3.8) is 0 Å². The van der Waals surface area contributed by atoms with Gasteiger partial charge in [0, 0.05) is 11.3 Å². The number of ether oxygens (including phenoxy) is 1. The molecule has 0 spiro atoms. The Balaban J connectivity index is 1.59. The highest BCUT2D eigenvalue weighted by atomic mass is 32.1. The summed E-state index contributed by atoms with van der Waals surface area (Å²) in [4.78, 5) is 16.9. The average Bonchev–Trinajstić information content (AvgIpc) is 3.22. The quantitative estimate of drug-likeness (QED) is 0.662. The summed E-state index contributed by atoms with van der Waals surface area (Å²) in [7, 11) is 0. The fourth-order valence-corrected chi connectivity index (χ4v) is 3.17. The Hall–Kier alpha value is -2.47. The fourth-order valence-electron chi connectivity index (χ4n) is 2.58. The first-order valence-electron chi connectivity index (χ1n) is 7.94. The summed E-state index contributed by atoms with van der Waals surface area (Å²) in [6.07, 6.45) is 2.27. The van der Waals surface area contributed by atoms with E-state index in [0.717, 1.165) is 34.9 Å². The van der Waals surface area contributed by atoms with Crippen LogP contribution in [0.5, 0.6) is 0 Å². The number of nitrogens with zero attached hydrogens (tertiary/aromatic N) is 3. The van der Waals surface area contributed by atoms with Crippen LogP contribution >= 0.6 is 11.3 Å². The molecular formula is C18H17N3O2S. The topological polar surface area (TPSA) is 57.0 Å². The average molecular weight is 339 g/mol. The molecule has 122 valence electrons. The molecule has 0 aliphatic heterocycles. The van der Waals surface area contributed by atoms with Crippen molar-refractivity contribution in [2.45, 2.75) is 32.3 Å². The summed E-state index contributed by atoms with van der Waals surface area (Å²) in [6, 6.07) is 11.5. The highest BCUT2D eigenvalue weighted by molar-refractivity contribution is 7.09. The van der Waals surface area contributed by atoms with Crippen LogP contribution in [0.2, 0.25) is 0 Å². The Bertz CT molecular complexity index is 866. The predicted molar refractivity (Wildman–Crippen MR) is 91.5 cm³/mol. The Morgan fingerprint density at radius 3 is 2.79 bits per heavy atom. The van der Waals surface area contributed by atoms with Crippen LogP contribution in [0.3, 0.4) is 0 Å². The van der Waals surface area contributed by atoms with Crippen LogP contribution in [-0.4, -0.2) is 20.7 Å². The third kappa shape index (κ3) is 3.10. The first-order valence-corrected chi connectivity index (χ1v) is 8.82. The second-order valence-corrected chi connectivity index (χ2v) is 6.97. The van der Waals surface area contributed by atoms with E-state index in [2.05, 4.69) is 10.1 Å². The Morgan fingerprint density at radius 2 is 2.12 bits per heavy atom. The predicted octanol–water partition coefficient (Wildman–Crippen LogP) is 3.87. The van der Waals surface area contributed by atoms with Gasteiger partial charge in [-0.1, -0.05) is 18.2 Å². The van der Waals surface area contributed by atoms with Crippen molar-refractivity contribution in [1.82, 2.24) is 14.8 Å². The third-order valence-corrected chi connectivity index (χ3v) is 4.77. The molecule has 1 saturated carbocycles. The summed E-state index contributed by atoms with van der Waals surface area (Å²) in [5, 5.41) is 7.50. The second-order valence-electron chi connectivity index (χ2n) is 5.91. The zero-order valence-electron chi connectivity index (χ0n) is 13.3. The number of carbonyl (C=O) groups excluding carboxylic acids is 1. The van der Waals surface area contributed by atoms with Crippen molar-refractivity contribution in [1.29, 1.82) is 0 Å². The number of para-hydroxylation sites is 1. The Morgan fingerprint density at radius 1 is 1.33 bits per heavy atom. The van der Waals surface area contributed by atoms with Crippen molar-refractivity contribution < 1.29 is 9.53 Å². The van der Waals surface area contributed by atoms with Crippen LogP contribution in [0.4, 0.5) is 0 Å². The number of hydrogen-bond acceptors (Lipinski definition) is 5. The number of rotatable bonds is 5. The Kier molecular flexibility index (Phi) is 3.90. The number of hydrogen-bond donors (Lipinski definition) is 0. The lowest BCUT2D eigenvalue weighted by atomic mass is 10.2. The molecule has 0 bridgehead atoms. The van der Waals surface area contributed by atoms with E-state index in [1.165, 1.54) is 0 Å². The molecule has 0 N–H and O–H groups in total. The minimum absolute atomic E-state index is 0.182. The minimum atomic E-state index is -0.371.